The summed E-state index contributed by atoms with van der Waals surface area (Å²) < 4.78 is 11.1. The number of amides is 1. The Balaban J connectivity index is 1.39. The van der Waals surface area contributed by atoms with Crippen LogP contribution in [0.25, 0.3) is 5.57 Å². The van der Waals surface area contributed by atoms with Crippen molar-refractivity contribution in [2.24, 2.45) is 17.6 Å². The van der Waals surface area contributed by atoms with Gasteiger partial charge in [0, 0.05) is 36.4 Å². The Hall–Kier alpha value is -5.20. The molecule has 4 aliphatic carbocycles. The summed E-state index contributed by atoms with van der Waals surface area (Å²) in [6, 6.07) is 14.6. The first-order chi connectivity index (χ1) is 23.9. The van der Waals surface area contributed by atoms with Gasteiger partial charge in [-0.25, -0.2) is 0 Å². The van der Waals surface area contributed by atoms with Gasteiger partial charge in [0.25, 0.3) is 5.91 Å². The highest BCUT2D eigenvalue weighted by molar-refractivity contribution is 6.20. The number of fused-ring (bicyclic) bond motifs is 3. The minimum absolute atomic E-state index is 0.00704. The number of carbonyl (C=O) groups is 4. The number of methoxy groups -OCH3 is 1. The highest BCUT2D eigenvalue weighted by Crippen LogP contribution is 2.56. The summed E-state index contributed by atoms with van der Waals surface area (Å²) in [4.78, 5) is 51.0. The molecule has 0 radical (unpaired) electrons. The van der Waals surface area contributed by atoms with Crippen molar-refractivity contribution in [3.63, 3.8) is 0 Å². The lowest BCUT2D eigenvalue weighted by molar-refractivity contribution is -0.145. The fourth-order valence-electron chi connectivity index (χ4n) is 7.84. The Kier molecular flexibility index (Phi) is 9.43. The van der Waals surface area contributed by atoms with Gasteiger partial charge in [0.2, 0.25) is 0 Å². The van der Waals surface area contributed by atoms with Crippen LogP contribution in [0.15, 0.2) is 88.1 Å². The number of primary amides is 1. The quantitative estimate of drug-likeness (QED) is 0.157. The normalized spacial score (nSPS) is 24.1. The molecule has 0 heterocycles. The molecular formula is C38H40N2O10. The van der Waals surface area contributed by atoms with Crippen LogP contribution in [0.1, 0.15) is 55.7 Å². The molecule has 0 saturated heterocycles. The molecule has 0 fully saturated rings. The lowest BCUT2D eigenvalue weighted by Crippen LogP contribution is -2.53. The van der Waals surface area contributed by atoms with Crippen molar-refractivity contribution >= 4 is 29.0 Å². The van der Waals surface area contributed by atoms with Crippen LogP contribution in [0, 0.1) is 11.8 Å². The number of hydrogen-bond acceptors (Lipinski definition) is 11. The summed E-state index contributed by atoms with van der Waals surface area (Å²) in [6.07, 6.45) is 0.681. The van der Waals surface area contributed by atoms with Crippen molar-refractivity contribution in [1.29, 1.82) is 0 Å². The number of allylic oxidation sites excluding steroid dienone is 4. The minimum atomic E-state index is -2.53. The van der Waals surface area contributed by atoms with Gasteiger partial charge in [0.05, 0.1) is 19.3 Å². The van der Waals surface area contributed by atoms with Gasteiger partial charge in [0.1, 0.15) is 34.6 Å². The Morgan fingerprint density at radius 1 is 0.980 bits per heavy atom. The summed E-state index contributed by atoms with van der Waals surface area (Å²) in [5.74, 6) is -6.25. The fourth-order valence-corrected chi connectivity index (χ4v) is 7.84. The van der Waals surface area contributed by atoms with Crippen LogP contribution < -0.4 is 15.8 Å². The number of rotatable bonds is 10. The molecule has 1 amide bonds. The second-order valence-corrected chi connectivity index (χ2v) is 13.1. The maximum absolute atomic E-state index is 13.4. The van der Waals surface area contributed by atoms with Crippen molar-refractivity contribution in [2.45, 2.75) is 63.6 Å². The molecule has 2 aromatic carbocycles. The largest absolute Gasteiger partial charge is 0.508 e. The molecule has 0 aliphatic heterocycles. The Labute approximate surface area is 288 Å². The lowest BCUT2D eigenvalue weighted by atomic mass is 9.60. The zero-order valence-corrected chi connectivity index (χ0v) is 27.8. The van der Waals surface area contributed by atoms with Crippen LogP contribution in [-0.4, -0.2) is 69.2 Å². The van der Waals surface area contributed by atoms with Gasteiger partial charge in [-0.05, 0) is 72.9 Å². The van der Waals surface area contributed by atoms with Crippen molar-refractivity contribution < 1.29 is 49.1 Å². The topological polar surface area (TPSA) is 206 Å². The standard InChI is InChI=1S/C38H40N2O10/c1-3-50-37(47)26(14-19-7-5-4-6-8-19)40-18-20-9-12-29(49-2)24(13-20)23-10-11-27(41)31-25(23)16-21-15-22-17-28(42)32(36(39)46)35(45)38(22,48)34(44)30(21)33(31)43/h4-9,12-13,21-22,26,40,43-45,48H,3,10-11,14-18H2,1-2H3,(H2,39,46)/t21-,22+,26?,38+/m1/s1. The smallest absolute Gasteiger partial charge is 0.323 e. The zero-order valence-electron chi connectivity index (χ0n) is 27.8. The van der Waals surface area contributed by atoms with Gasteiger partial charge in [-0.2, -0.15) is 0 Å². The number of aliphatic hydroxyl groups excluding tert-OH is 3. The Morgan fingerprint density at radius 2 is 1.72 bits per heavy atom. The highest BCUT2D eigenvalue weighted by atomic mass is 16.5. The van der Waals surface area contributed by atoms with E-state index < -0.39 is 58.0 Å². The van der Waals surface area contributed by atoms with Gasteiger partial charge >= 0.3 is 5.97 Å². The molecule has 12 nitrogen and oxygen atoms in total. The molecule has 6 rings (SSSR count). The number of nitrogens with one attached hydrogen (secondary N) is 1. The molecular weight excluding hydrogens is 644 g/mol. The monoisotopic (exact) mass is 684 g/mol. The molecule has 4 aliphatic rings. The van der Waals surface area contributed by atoms with E-state index in [4.69, 9.17) is 15.2 Å². The third-order valence-electron chi connectivity index (χ3n) is 10.2. The number of ether oxygens (including phenoxy) is 2. The predicted molar refractivity (Wildman–Crippen MR) is 181 cm³/mol. The van der Waals surface area contributed by atoms with E-state index in [1.54, 1.807) is 13.0 Å². The Bertz CT molecular complexity index is 1910. The fraction of sp³-hybridized carbons (Fsp3) is 0.368. The molecule has 12 heteroatoms. The molecule has 1 unspecified atom stereocenters. The summed E-state index contributed by atoms with van der Waals surface area (Å²) in [6.45, 7) is 2.31. The number of hydrogen-bond donors (Lipinski definition) is 6. The third-order valence-corrected chi connectivity index (χ3v) is 10.2. The van der Waals surface area contributed by atoms with Gasteiger partial charge in [-0.3, -0.25) is 19.2 Å². The molecule has 7 N–H and O–H groups in total. The van der Waals surface area contributed by atoms with E-state index in [0.717, 1.165) is 16.7 Å². The second-order valence-electron chi connectivity index (χ2n) is 13.1. The molecule has 262 valence electrons. The van der Waals surface area contributed by atoms with Crippen molar-refractivity contribution in [1.82, 2.24) is 5.32 Å². The van der Waals surface area contributed by atoms with E-state index in [0.29, 0.717) is 36.3 Å². The number of esters is 1. The van der Waals surface area contributed by atoms with Gasteiger partial charge in [-0.15, -0.1) is 0 Å². The molecule has 4 atom stereocenters. The molecule has 0 saturated carbocycles. The van der Waals surface area contributed by atoms with Crippen LogP contribution in [0.2, 0.25) is 0 Å². The third kappa shape index (κ3) is 5.88. The summed E-state index contributed by atoms with van der Waals surface area (Å²) in [5, 5.41) is 48.8. The molecule has 50 heavy (non-hydrogen) atoms. The molecule has 0 spiro atoms. The van der Waals surface area contributed by atoms with Crippen LogP contribution in [0.3, 0.4) is 0 Å². The predicted octanol–water partition coefficient (Wildman–Crippen LogP) is 3.74. The van der Waals surface area contributed by atoms with Crippen molar-refractivity contribution in [3.8, 4) is 5.75 Å². The highest BCUT2D eigenvalue weighted by Gasteiger charge is 2.58. The first-order valence-corrected chi connectivity index (χ1v) is 16.6. The van der Waals surface area contributed by atoms with Crippen LogP contribution in [-0.2, 0) is 36.9 Å². The summed E-state index contributed by atoms with van der Waals surface area (Å²) >= 11 is 0. The molecule has 0 bridgehead atoms. The number of carbonyl (C=O) groups excluding carboxylic acids is 4. The Morgan fingerprint density at radius 3 is 2.40 bits per heavy atom. The molecule has 2 aromatic rings. The zero-order chi connectivity index (χ0) is 35.9. The van der Waals surface area contributed by atoms with Crippen molar-refractivity contribution in [2.75, 3.05) is 13.7 Å². The average molecular weight is 685 g/mol. The second kappa shape index (κ2) is 13.6. The van der Waals surface area contributed by atoms with E-state index in [-0.39, 0.29) is 55.2 Å². The maximum atomic E-state index is 13.4. The number of ketones is 2. The van der Waals surface area contributed by atoms with Crippen molar-refractivity contribution in [3.05, 3.63) is 105 Å². The van der Waals surface area contributed by atoms with E-state index in [1.165, 1.54) is 7.11 Å². The summed E-state index contributed by atoms with van der Waals surface area (Å²) in [5.41, 5.74) is 5.65. The lowest BCUT2D eigenvalue weighted by Gasteiger charge is -2.47. The van der Waals surface area contributed by atoms with Gasteiger partial charge in [0.15, 0.2) is 17.2 Å². The number of Topliss-reactive ketones (excluding diaryl/α,β-unsaturated/α-hetero) is 2. The first kappa shape index (κ1) is 34.7. The van der Waals surface area contributed by atoms with E-state index in [9.17, 15) is 39.6 Å². The SMILES string of the molecule is CCOC(=O)C(Cc1ccccc1)NCc1ccc(OC)c(C2=C3C[C@H]4C[C@H]5CC(=O)C(C(N)=O)=C(O)[C@@]5(O)C(O)=C4C(O)=C3C(=O)CC2)c1. The van der Waals surface area contributed by atoms with Gasteiger partial charge < -0.3 is 41.0 Å². The summed E-state index contributed by atoms with van der Waals surface area (Å²) in [7, 11) is 1.53. The first-order valence-electron chi connectivity index (χ1n) is 16.6. The minimum Gasteiger partial charge on any atom is -0.508 e. The molecule has 0 aromatic heterocycles. The van der Waals surface area contributed by atoms with E-state index in [2.05, 4.69) is 5.32 Å². The maximum Gasteiger partial charge on any atom is 0.323 e. The van der Waals surface area contributed by atoms with E-state index >= 15 is 0 Å². The number of aliphatic hydroxyl groups is 4. The van der Waals surface area contributed by atoms with Gasteiger partial charge in [-0.1, -0.05) is 36.4 Å². The average Bonchev–Trinajstić information content (AvgIpc) is 3.08. The van der Waals surface area contributed by atoms with E-state index in [1.807, 2.05) is 42.5 Å². The number of nitrogens with two attached hydrogens (primary N) is 1. The van der Waals surface area contributed by atoms with Crippen LogP contribution in [0.5, 0.6) is 5.75 Å². The van der Waals surface area contributed by atoms with Crippen LogP contribution in [0.4, 0.5) is 0 Å². The number of benzene rings is 2. The van der Waals surface area contributed by atoms with Crippen LogP contribution >= 0.6 is 0 Å².